The van der Waals surface area contributed by atoms with Gasteiger partial charge in [-0.25, -0.2) is 4.98 Å². The maximum Gasteiger partial charge on any atom is 0.305 e. The fraction of sp³-hybridized carbons (Fsp3) is 0.333. The summed E-state index contributed by atoms with van der Waals surface area (Å²) in [7, 11) is 0. The number of aromatic nitrogens is 1. The van der Waals surface area contributed by atoms with Crippen LogP contribution < -0.4 is 4.90 Å². The zero-order valence-electron chi connectivity index (χ0n) is 17.7. The van der Waals surface area contributed by atoms with Crippen molar-refractivity contribution in [1.82, 2.24) is 4.98 Å². The van der Waals surface area contributed by atoms with Crippen LogP contribution in [-0.2, 0) is 17.8 Å². The number of aliphatic carboxylic acids is 1. The molecular formula is C24H28N2O2S2. The second kappa shape index (κ2) is 10.6. The molecule has 0 radical (unpaired) electrons. The summed E-state index contributed by atoms with van der Waals surface area (Å²) in [6, 6.07) is 18.7. The minimum atomic E-state index is -0.792. The van der Waals surface area contributed by atoms with E-state index in [-0.39, 0.29) is 6.42 Å². The van der Waals surface area contributed by atoms with E-state index in [1.807, 2.05) is 18.2 Å². The average Bonchev–Trinajstić information content (AvgIpc) is 3.14. The molecule has 0 unspecified atom stereocenters. The number of hydrogen-bond acceptors (Lipinski definition) is 5. The first-order valence-electron chi connectivity index (χ1n) is 10.1. The van der Waals surface area contributed by atoms with Gasteiger partial charge in [0.15, 0.2) is 5.13 Å². The summed E-state index contributed by atoms with van der Waals surface area (Å²) in [6.07, 6.45) is 3.11. The Morgan fingerprint density at radius 2 is 1.83 bits per heavy atom. The molecule has 0 aliphatic carbocycles. The third kappa shape index (κ3) is 6.09. The van der Waals surface area contributed by atoms with E-state index in [2.05, 4.69) is 61.4 Å². The first kappa shape index (κ1) is 22.4. The zero-order chi connectivity index (χ0) is 21.5. The van der Waals surface area contributed by atoms with E-state index >= 15 is 0 Å². The number of hydrogen-bond donors (Lipinski definition) is 1. The van der Waals surface area contributed by atoms with Crippen LogP contribution in [0.3, 0.4) is 0 Å². The van der Waals surface area contributed by atoms with Gasteiger partial charge in [0.1, 0.15) is 0 Å². The zero-order valence-corrected chi connectivity index (χ0v) is 19.3. The Bertz CT molecular complexity index is 953. The Hall–Kier alpha value is -2.31. The van der Waals surface area contributed by atoms with Crippen molar-refractivity contribution in [2.75, 3.05) is 17.7 Å². The summed E-state index contributed by atoms with van der Waals surface area (Å²) in [5.74, 6) is -0.274. The summed E-state index contributed by atoms with van der Waals surface area (Å²) >= 11 is 3.41. The Labute approximate surface area is 187 Å². The summed E-state index contributed by atoms with van der Waals surface area (Å²) in [4.78, 5) is 20.8. The van der Waals surface area contributed by atoms with Gasteiger partial charge in [-0.3, -0.25) is 4.79 Å². The highest BCUT2D eigenvalue weighted by Crippen LogP contribution is 2.36. The van der Waals surface area contributed by atoms with Crippen molar-refractivity contribution in [3.05, 3.63) is 65.0 Å². The molecule has 3 rings (SSSR count). The van der Waals surface area contributed by atoms with Crippen LogP contribution in [-0.4, -0.2) is 28.9 Å². The maximum absolute atomic E-state index is 11.2. The lowest BCUT2D eigenvalue weighted by Gasteiger charge is -2.21. The monoisotopic (exact) mass is 440 g/mol. The quantitative estimate of drug-likeness (QED) is 0.380. The number of rotatable bonds is 10. The topological polar surface area (TPSA) is 53.4 Å². The summed E-state index contributed by atoms with van der Waals surface area (Å²) in [5.41, 5.74) is 3.28. The molecule has 30 heavy (non-hydrogen) atoms. The van der Waals surface area contributed by atoms with Gasteiger partial charge in [0.05, 0.1) is 12.1 Å². The number of anilines is 1. The molecule has 0 fully saturated rings. The minimum Gasteiger partial charge on any atom is -0.481 e. The second-order valence-corrected chi connectivity index (χ2v) is 9.59. The van der Waals surface area contributed by atoms with Gasteiger partial charge >= 0.3 is 5.97 Å². The molecule has 0 aliphatic rings. The van der Waals surface area contributed by atoms with Crippen LogP contribution in [0.15, 0.2) is 59.5 Å². The fourth-order valence-corrected chi connectivity index (χ4v) is 4.96. The SMILES string of the molecule is CSc1ccc(-c2nc(N(CCC(=O)O)Cc3ccccc3)sc2CC(C)C)cc1. The van der Waals surface area contributed by atoms with Gasteiger partial charge in [-0.2, -0.15) is 0 Å². The van der Waals surface area contributed by atoms with E-state index in [0.717, 1.165) is 28.4 Å². The number of carboxylic acid groups (broad SMARTS) is 1. The Kier molecular flexibility index (Phi) is 7.94. The number of thioether (sulfide) groups is 1. The lowest BCUT2D eigenvalue weighted by atomic mass is 10.1. The highest BCUT2D eigenvalue weighted by molar-refractivity contribution is 7.98. The van der Waals surface area contributed by atoms with Crippen LogP contribution in [0.5, 0.6) is 0 Å². The van der Waals surface area contributed by atoms with E-state index in [9.17, 15) is 9.90 Å². The molecule has 0 saturated heterocycles. The molecular weight excluding hydrogens is 412 g/mol. The van der Waals surface area contributed by atoms with E-state index in [1.165, 1.54) is 9.77 Å². The number of thiazole rings is 1. The fourth-order valence-electron chi connectivity index (χ4n) is 3.23. The average molecular weight is 441 g/mol. The Morgan fingerprint density at radius 1 is 1.13 bits per heavy atom. The molecule has 0 aliphatic heterocycles. The standard InChI is InChI=1S/C24H28N2O2S2/c1-17(2)15-21-23(19-9-11-20(29-3)12-10-19)25-24(30-21)26(14-13-22(27)28)16-18-7-5-4-6-8-18/h4-12,17H,13-16H2,1-3H3,(H,27,28). The second-order valence-electron chi connectivity index (χ2n) is 7.65. The Morgan fingerprint density at radius 3 is 2.43 bits per heavy atom. The lowest BCUT2D eigenvalue weighted by molar-refractivity contribution is -0.136. The molecule has 6 heteroatoms. The van der Waals surface area contributed by atoms with Crippen LogP contribution >= 0.6 is 23.1 Å². The van der Waals surface area contributed by atoms with Crippen LogP contribution in [0.1, 0.15) is 30.7 Å². The number of benzene rings is 2. The van der Waals surface area contributed by atoms with Gasteiger partial charge in [0.2, 0.25) is 0 Å². The predicted octanol–water partition coefficient (Wildman–Crippen LogP) is 6.21. The molecule has 0 bridgehead atoms. The third-order valence-electron chi connectivity index (χ3n) is 4.73. The smallest absolute Gasteiger partial charge is 0.305 e. The van der Waals surface area contributed by atoms with E-state index in [1.54, 1.807) is 23.1 Å². The van der Waals surface area contributed by atoms with Crippen LogP contribution in [0.25, 0.3) is 11.3 Å². The highest BCUT2D eigenvalue weighted by Gasteiger charge is 2.19. The van der Waals surface area contributed by atoms with Crippen molar-refractivity contribution < 1.29 is 9.90 Å². The molecule has 0 atom stereocenters. The van der Waals surface area contributed by atoms with Crippen molar-refractivity contribution in [1.29, 1.82) is 0 Å². The van der Waals surface area contributed by atoms with Gasteiger partial charge in [-0.15, -0.1) is 23.1 Å². The number of carbonyl (C=O) groups is 1. The molecule has 0 amide bonds. The van der Waals surface area contributed by atoms with Crippen molar-refractivity contribution in [3.63, 3.8) is 0 Å². The van der Waals surface area contributed by atoms with Crippen LogP contribution in [0, 0.1) is 5.92 Å². The molecule has 1 heterocycles. The summed E-state index contributed by atoms with van der Waals surface area (Å²) in [5, 5.41) is 10.1. The van der Waals surface area contributed by atoms with E-state index < -0.39 is 5.97 Å². The van der Waals surface area contributed by atoms with Crippen molar-refractivity contribution in [2.45, 2.75) is 38.1 Å². The third-order valence-corrected chi connectivity index (χ3v) is 6.61. The van der Waals surface area contributed by atoms with Gasteiger partial charge in [-0.1, -0.05) is 56.3 Å². The largest absolute Gasteiger partial charge is 0.481 e. The van der Waals surface area contributed by atoms with Crippen LogP contribution in [0.4, 0.5) is 5.13 Å². The minimum absolute atomic E-state index is 0.0870. The molecule has 3 aromatic rings. The summed E-state index contributed by atoms with van der Waals surface area (Å²) in [6.45, 7) is 5.51. The highest BCUT2D eigenvalue weighted by atomic mass is 32.2. The van der Waals surface area contributed by atoms with E-state index in [4.69, 9.17) is 4.98 Å². The van der Waals surface area contributed by atoms with Gasteiger partial charge in [0.25, 0.3) is 0 Å². The summed E-state index contributed by atoms with van der Waals surface area (Å²) < 4.78 is 0. The molecule has 0 saturated carbocycles. The molecule has 4 nitrogen and oxygen atoms in total. The molecule has 158 valence electrons. The number of nitrogens with zero attached hydrogens (tertiary/aromatic N) is 2. The number of carboxylic acids is 1. The van der Waals surface area contributed by atoms with Crippen molar-refractivity contribution in [2.24, 2.45) is 5.92 Å². The normalized spacial score (nSPS) is 11.1. The molecule has 1 N–H and O–H groups in total. The van der Waals surface area contributed by atoms with Crippen molar-refractivity contribution >= 4 is 34.2 Å². The molecule has 2 aromatic carbocycles. The van der Waals surface area contributed by atoms with Gasteiger partial charge in [-0.05, 0) is 36.3 Å². The molecule has 1 aromatic heterocycles. The maximum atomic E-state index is 11.2. The lowest BCUT2D eigenvalue weighted by Crippen LogP contribution is -2.25. The van der Waals surface area contributed by atoms with Crippen LogP contribution in [0.2, 0.25) is 0 Å². The van der Waals surface area contributed by atoms with Crippen molar-refractivity contribution in [3.8, 4) is 11.3 Å². The van der Waals surface area contributed by atoms with E-state index in [0.29, 0.717) is 19.0 Å². The molecule has 0 spiro atoms. The first-order valence-corrected chi connectivity index (χ1v) is 12.1. The van der Waals surface area contributed by atoms with Gasteiger partial charge < -0.3 is 10.0 Å². The van der Waals surface area contributed by atoms with Gasteiger partial charge in [0, 0.05) is 28.4 Å². The first-order chi connectivity index (χ1) is 14.5. The Balaban J connectivity index is 1.97. The predicted molar refractivity (Wildman–Crippen MR) is 128 cm³/mol.